The molecule has 0 aromatic heterocycles. The maximum absolute atomic E-state index is 13.2. The Morgan fingerprint density at radius 3 is 2.38 bits per heavy atom. The number of carbonyl (C=O) groups excluding carboxylic acids is 1. The van der Waals surface area contributed by atoms with Gasteiger partial charge in [-0.1, -0.05) is 6.08 Å². The Bertz CT molecular complexity index is 914. The lowest BCUT2D eigenvalue weighted by molar-refractivity contribution is -0.384. The van der Waals surface area contributed by atoms with Crippen molar-refractivity contribution in [1.82, 2.24) is 0 Å². The van der Waals surface area contributed by atoms with Crippen LogP contribution in [0.3, 0.4) is 0 Å². The molecule has 0 aliphatic carbocycles. The summed E-state index contributed by atoms with van der Waals surface area (Å²) in [6, 6.07) is 11.3. The number of hydrogen-bond acceptors (Lipinski definition) is 4. The zero-order valence-electron chi connectivity index (χ0n) is 15.1. The van der Waals surface area contributed by atoms with Gasteiger partial charge in [0.1, 0.15) is 5.75 Å². The summed E-state index contributed by atoms with van der Waals surface area (Å²) in [6.45, 7) is 5.94. The number of anilines is 1. The lowest BCUT2D eigenvalue weighted by Gasteiger charge is -2.41. The standard InChI is InChI=1S/C20H20N2O4/c1-13-12-20(2,3)21(18-10-9-16(26-4)11-17(13)18)19(23)14-5-7-15(8-6-14)22(24)25/h5-12H,1-4H3. The van der Waals surface area contributed by atoms with Crippen LogP contribution in [0.2, 0.25) is 0 Å². The normalized spacial score (nSPS) is 15.1. The summed E-state index contributed by atoms with van der Waals surface area (Å²) < 4.78 is 5.30. The smallest absolute Gasteiger partial charge is 0.269 e. The van der Waals surface area contributed by atoms with Crippen molar-refractivity contribution in [2.24, 2.45) is 0 Å². The predicted octanol–water partition coefficient (Wildman–Crippen LogP) is 4.45. The molecule has 1 heterocycles. The van der Waals surface area contributed by atoms with Crippen LogP contribution >= 0.6 is 0 Å². The lowest BCUT2D eigenvalue weighted by Crippen LogP contribution is -2.49. The van der Waals surface area contributed by atoms with Crippen LogP contribution in [0.15, 0.2) is 48.5 Å². The Labute approximate surface area is 151 Å². The van der Waals surface area contributed by atoms with E-state index in [1.165, 1.54) is 24.3 Å². The molecule has 0 spiro atoms. The largest absolute Gasteiger partial charge is 0.497 e. The van der Waals surface area contributed by atoms with Crippen LogP contribution in [0.4, 0.5) is 11.4 Å². The molecule has 1 aliphatic rings. The van der Waals surface area contributed by atoms with Gasteiger partial charge in [-0.3, -0.25) is 19.8 Å². The summed E-state index contributed by atoms with van der Waals surface area (Å²) >= 11 is 0. The highest BCUT2D eigenvalue weighted by Gasteiger charge is 2.36. The fourth-order valence-corrected chi connectivity index (χ4v) is 3.36. The molecule has 134 valence electrons. The molecule has 6 nitrogen and oxygen atoms in total. The second-order valence-corrected chi connectivity index (χ2v) is 6.81. The highest BCUT2D eigenvalue weighted by Crippen LogP contribution is 2.41. The van der Waals surface area contributed by atoms with Gasteiger partial charge in [0.15, 0.2) is 0 Å². The lowest BCUT2D eigenvalue weighted by atomic mass is 9.88. The number of amides is 1. The van der Waals surface area contributed by atoms with E-state index in [1.807, 2.05) is 45.0 Å². The van der Waals surface area contributed by atoms with Gasteiger partial charge in [-0.05, 0) is 56.7 Å². The Morgan fingerprint density at radius 2 is 1.81 bits per heavy atom. The Balaban J connectivity index is 2.08. The number of nitro benzene ring substituents is 1. The van der Waals surface area contributed by atoms with Gasteiger partial charge in [0.25, 0.3) is 11.6 Å². The number of benzene rings is 2. The molecule has 0 radical (unpaired) electrons. The van der Waals surface area contributed by atoms with Crippen molar-refractivity contribution >= 4 is 22.9 Å². The molecule has 0 atom stereocenters. The van der Waals surface area contributed by atoms with Crippen molar-refractivity contribution in [3.8, 4) is 5.75 Å². The number of carbonyl (C=O) groups is 1. The Hall–Kier alpha value is -3.15. The topological polar surface area (TPSA) is 72.7 Å². The van der Waals surface area contributed by atoms with E-state index in [9.17, 15) is 14.9 Å². The molecule has 6 heteroatoms. The van der Waals surface area contributed by atoms with Crippen molar-refractivity contribution in [3.05, 3.63) is 69.8 Å². The van der Waals surface area contributed by atoms with Crippen LogP contribution in [-0.2, 0) is 0 Å². The minimum atomic E-state index is -0.537. The predicted molar refractivity (Wildman–Crippen MR) is 101 cm³/mol. The number of allylic oxidation sites excluding steroid dienone is 1. The number of nitrogens with zero attached hydrogens (tertiary/aromatic N) is 2. The van der Waals surface area contributed by atoms with Crippen molar-refractivity contribution in [2.45, 2.75) is 26.3 Å². The summed E-state index contributed by atoms with van der Waals surface area (Å²) in [5, 5.41) is 10.8. The second-order valence-electron chi connectivity index (χ2n) is 6.81. The first kappa shape index (κ1) is 17.7. The molecule has 0 fully saturated rings. The SMILES string of the molecule is COc1ccc2c(c1)C(C)=CC(C)(C)N2C(=O)c1ccc([N+](=O)[O-])cc1. The maximum Gasteiger partial charge on any atom is 0.269 e. The van der Waals surface area contributed by atoms with E-state index < -0.39 is 10.5 Å². The van der Waals surface area contributed by atoms with Crippen LogP contribution in [0.25, 0.3) is 5.57 Å². The monoisotopic (exact) mass is 352 g/mol. The van der Waals surface area contributed by atoms with Gasteiger partial charge >= 0.3 is 0 Å². The Kier molecular flexibility index (Phi) is 4.28. The number of hydrogen-bond donors (Lipinski definition) is 0. The highest BCUT2D eigenvalue weighted by molar-refractivity contribution is 6.10. The molecule has 1 amide bonds. The molecular formula is C20H20N2O4. The number of fused-ring (bicyclic) bond motifs is 1. The van der Waals surface area contributed by atoms with E-state index in [-0.39, 0.29) is 11.6 Å². The number of rotatable bonds is 3. The minimum Gasteiger partial charge on any atom is -0.497 e. The number of ether oxygens (including phenoxy) is 1. The van der Waals surface area contributed by atoms with E-state index in [1.54, 1.807) is 12.0 Å². The quantitative estimate of drug-likeness (QED) is 0.604. The van der Waals surface area contributed by atoms with E-state index in [0.717, 1.165) is 22.6 Å². The average molecular weight is 352 g/mol. The first-order valence-corrected chi connectivity index (χ1v) is 8.21. The van der Waals surface area contributed by atoms with Gasteiger partial charge in [0.2, 0.25) is 0 Å². The van der Waals surface area contributed by atoms with Crippen molar-refractivity contribution < 1.29 is 14.5 Å². The number of non-ortho nitro benzene ring substituents is 1. The number of methoxy groups -OCH3 is 1. The van der Waals surface area contributed by atoms with E-state index >= 15 is 0 Å². The fraction of sp³-hybridized carbons (Fsp3) is 0.250. The summed E-state index contributed by atoms with van der Waals surface area (Å²) in [7, 11) is 1.60. The molecule has 0 bridgehead atoms. The molecule has 3 rings (SSSR count). The minimum absolute atomic E-state index is 0.0414. The molecule has 0 unspecified atom stereocenters. The molecule has 1 aliphatic heterocycles. The van der Waals surface area contributed by atoms with Crippen LogP contribution in [0.1, 0.15) is 36.7 Å². The van der Waals surface area contributed by atoms with Gasteiger partial charge in [-0.2, -0.15) is 0 Å². The second kappa shape index (κ2) is 6.29. The van der Waals surface area contributed by atoms with Gasteiger partial charge in [-0.25, -0.2) is 0 Å². The first-order valence-electron chi connectivity index (χ1n) is 8.21. The first-order chi connectivity index (χ1) is 12.2. The summed E-state index contributed by atoms with van der Waals surface area (Å²) in [6.07, 6.45) is 2.04. The van der Waals surface area contributed by atoms with Gasteiger partial charge in [0, 0.05) is 23.3 Å². The summed E-state index contributed by atoms with van der Waals surface area (Å²) in [4.78, 5) is 25.3. The molecule has 0 saturated carbocycles. The Morgan fingerprint density at radius 1 is 1.15 bits per heavy atom. The average Bonchev–Trinajstić information content (AvgIpc) is 2.60. The molecular weight excluding hydrogens is 332 g/mol. The van der Waals surface area contributed by atoms with Crippen LogP contribution < -0.4 is 9.64 Å². The highest BCUT2D eigenvalue weighted by atomic mass is 16.6. The molecule has 2 aromatic carbocycles. The molecule has 2 aromatic rings. The van der Waals surface area contributed by atoms with Crippen molar-refractivity contribution in [3.63, 3.8) is 0 Å². The third kappa shape index (κ3) is 2.94. The van der Waals surface area contributed by atoms with Gasteiger partial charge in [0.05, 0.1) is 23.3 Å². The van der Waals surface area contributed by atoms with Crippen LogP contribution in [-0.4, -0.2) is 23.5 Å². The van der Waals surface area contributed by atoms with E-state index in [4.69, 9.17) is 4.74 Å². The summed E-state index contributed by atoms with van der Waals surface area (Å²) in [5.74, 6) is 0.513. The molecule has 0 saturated heterocycles. The van der Waals surface area contributed by atoms with Crippen LogP contribution in [0.5, 0.6) is 5.75 Å². The van der Waals surface area contributed by atoms with E-state index in [2.05, 4.69) is 0 Å². The van der Waals surface area contributed by atoms with E-state index in [0.29, 0.717) is 5.56 Å². The van der Waals surface area contributed by atoms with Gasteiger partial charge < -0.3 is 4.74 Å². The summed E-state index contributed by atoms with van der Waals surface area (Å²) in [5.41, 5.74) is 2.61. The third-order valence-electron chi connectivity index (χ3n) is 4.54. The van der Waals surface area contributed by atoms with Crippen molar-refractivity contribution in [1.29, 1.82) is 0 Å². The third-order valence-corrected chi connectivity index (χ3v) is 4.54. The van der Waals surface area contributed by atoms with Crippen molar-refractivity contribution in [2.75, 3.05) is 12.0 Å². The molecule has 26 heavy (non-hydrogen) atoms. The molecule has 0 N–H and O–H groups in total. The van der Waals surface area contributed by atoms with Crippen LogP contribution in [0, 0.1) is 10.1 Å². The zero-order valence-corrected chi connectivity index (χ0v) is 15.1. The van der Waals surface area contributed by atoms with Gasteiger partial charge in [-0.15, -0.1) is 0 Å². The fourth-order valence-electron chi connectivity index (χ4n) is 3.36. The maximum atomic E-state index is 13.2. The zero-order chi connectivity index (χ0) is 19.1. The number of nitro groups is 1.